The number of alkyl halides is 1. The predicted molar refractivity (Wildman–Crippen MR) is 117 cm³/mol. The Morgan fingerprint density at radius 1 is 1.19 bits per heavy atom. The van der Waals surface area contributed by atoms with E-state index in [1.54, 1.807) is 16.2 Å². The van der Waals surface area contributed by atoms with Crippen molar-refractivity contribution >= 4 is 52.5 Å². The zero-order valence-corrected chi connectivity index (χ0v) is 17.0. The molecule has 0 aliphatic carbocycles. The van der Waals surface area contributed by atoms with Crippen molar-refractivity contribution < 1.29 is 4.79 Å². The Morgan fingerprint density at radius 2 is 1.96 bits per heavy atom. The molecule has 0 saturated heterocycles. The lowest BCUT2D eigenvalue weighted by molar-refractivity contribution is -0.122. The molecule has 0 unspecified atom stereocenters. The van der Waals surface area contributed by atoms with Crippen LogP contribution in [0.5, 0.6) is 0 Å². The number of carbonyl (C=O) groups is 1. The smallest absolute Gasteiger partial charge is 0.278 e. The Kier molecular flexibility index (Phi) is 6.48. The molecule has 6 heteroatoms. The highest BCUT2D eigenvalue weighted by Gasteiger charge is 2.28. The Morgan fingerprint density at radius 3 is 2.59 bits per heavy atom. The number of thiophene rings is 1. The third-order valence-corrected chi connectivity index (χ3v) is 5.25. The topological polar surface area (TPSA) is 35.9 Å². The molecule has 2 aromatic rings. The zero-order valence-electron chi connectivity index (χ0n) is 15.4. The molecule has 1 aliphatic rings. The third kappa shape index (κ3) is 4.87. The van der Waals surface area contributed by atoms with Crippen molar-refractivity contribution in [2.45, 2.75) is 6.42 Å². The second kappa shape index (κ2) is 9.02. The Balaban J connectivity index is 1.86. The van der Waals surface area contributed by atoms with Gasteiger partial charge in [0.1, 0.15) is 11.5 Å². The van der Waals surface area contributed by atoms with E-state index in [-0.39, 0.29) is 5.91 Å². The van der Waals surface area contributed by atoms with Gasteiger partial charge in [-0.3, -0.25) is 9.69 Å². The van der Waals surface area contributed by atoms with E-state index in [4.69, 9.17) is 11.6 Å². The molecule has 1 aromatic heterocycles. The molecule has 4 nitrogen and oxygen atoms in total. The van der Waals surface area contributed by atoms with Gasteiger partial charge >= 0.3 is 0 Å². The fraction of sp³-hybridized carbons (Fsp3) is 0.238. The van der Waals surface area contributed by atoms with Crippen molar-refractivity contribution in [2.75, 3.05) is 31.4 Å². The maximum Gasteiger partial charge on any atom is 0.278 e. The summed E-state index contributed by atoms with van der Waals surface area (Å²) in [5.74, 6) is 1.09. The molecule has 1 aliphatic heterocycles. The standard InChI is InChI=1S/C21H22ClN3OS/c1-24(2)17-8-6-16(7-9-17)15-19-21(26)25(13-4-12-22)20(23-19)11-10-18-5-3-14-27-18/h3,5-11,14-15H,4,12-13H2,1-2H3/b11-10+,19-15-. The number of nitrogens with zero attached hydrogens (tertiary/aromatic N) is 3. The van der Waals surface area contributed by atoms with Crippen LogP contribution in [-0.2, 0) is 4.79 Å². The molecular formula is C21H22ClN3OS. The van der Waals surface area contributed by atoms with Gasteiger partial charge in [0.2, 0.25) is 0 Å². The number of benzene rings is 1. The summed E-state index contributed by atoms with van der Waals surface area (Å²) in [5, 5.41) is 2.02. The first-order valence-corrected chi connectivity index (χ1v) is 10.2. The highest BCUT2D eigenvalue weighted by atomic mass is 35.5. The Bertz CT molecular complexity index is 867. The molecule has 27 heavy (non-hydrogen) atoms. The SMILES string of the molecule is CN(C)c1ccc(/C=C2N=C(/C=C/c3cccs3)N(CCCCl)C\2=O)cc1. The van der Waals surface area contributed by atoms with E-state index in [0.717, 1.165) is 22.5 Å². The molecule has 0 spiro atoms. The molecule has 1 aromatic carbocycles. The van der Waals surface area contributed by atoms with E-state index >= 15 is 0 Å². The van der Waals surface area contributed by atoms with Crippen LogP contribution in [-0.4, -0.2) is 43.2 Å². The first-order chi connectivity index (χ1) is 13.1. The summed E-state index contributed by atoms with van der Waals surface area (Å²) in [6.45, 7) is 0.562. The predicted octanol–water partition coefficient (Wildman–Crippen LogP) is 4.74. The summed E-state index contributed by atoms with van der Waals surface area (Å²) < 4.78 is 0. The molecule has 0 fully saturated rings. The normalized spacial score (nSPS) is 15.8. The van der Waals surface area contributed by atoms with E-state index in [2.05, 4.69) is 4.99 Å². The molecule has 0 saturated carbocycles. The summed E-state index contributed by atoms with van der Waals surface area (Å²) in [7, 11) is 4.00. The molecule has 1 amide bonds. The van der Waals surface area contributed by atoms with Crippen LogP contribution in [0, 0.1) is 0 Å². The van der Waals surface area contributed by atoms with Crippen molar-refractivity contribution in [3.63, 3.8) is 0 Å². The first kappa shape index (κ1) is 19.4. The van der Waals surface area contributed by atoms with E-state index < -0.39 is 0 Å². The second-order valence-electron chi connectivity index (χ2n) is 6.33. The number of hydrogen-bond donors (Lipinski definition) is 0. The maximum atomic E-state index is 12.8. The van der Waals surface area contributed by atoms with Crippen LogP contribution in [0.25, 0.3) is 12.2 Å². The third-order valence-electron chi connectivity index (χ3n) is 4.14. The number of halogens is 1. The summed E-state index contributed by atoms with van der Waals surface area (Å²) >= 11 is 7.48. The van der Waals surface area contributed by atoms with Gasteiger partial charge in [-0.15, -0.1) is 22.9 Å². The molecule has 0 bridgehead atoms. The molecule has 140 valence electrons. The van der Waals surface area contributed by atoms with Gasteiger partial charge in [0.05, 0.1) is 0 Å². The fourth-order valence-electron chi connectivity index (χ4n) is 2.70. The van der Waals surface area contributed by atoms with Crippen molar-refractivity contribution in [3.05, 3.63) is 64.0 Å². The maximum absolute atomic E-state index is 12.8. The lowest BCUT2D eigenvalue weighted by atomic mass is 10.1. The molecule has 0 atom stereocenters. The van der Waals surface area contributed by atoms with E-state index in [9.17, 15) is 4.79 Å². The number of amidine groups is 1. The monoisotopic (exact) mass is 399 g/mol. The highest BCUT2D eigenvalue weighted by molar-refractivity contribution is 7.10. The van der Waals surface area contributed by atoms with Gasteiger partial charge in [-0.1, -0.05) is 18.2 Å². The number of aliphatic imine (C=N–C) groups is 1. The number of hydrogen-bond acceptors (Lipinski definition) is 4. The molecule has 0 radical (unpaired) electrons. The summed E-state index contributed by atoms with van der Waals surface area (Å²) in [5.41, 5.74) is 2.52. The van der Waals surface area contributed by atoms with Crippen molar-refractivity contribution in [1.82, 2.24) is 4.90 Å². The van der Waals surface area contributed by atoms with Gasteiger partial charge in [-0.05, 0) is 53.8 Å². The van der Waals surface area contributed by atoms with Crippen LogP contribution >= 0.6 is 22.9 Å². The Labute approximate surface area is 169 Å². The van der Waals surface area contributed by atoms with Crippen molar-refractivity contribution in [3.8, 4) is 0 Å². The van der Waals surface area contributed by atoms with Crippen molar-refractivity contribution in [1.29, 1.82) is 0 Å². The molecule has 2 heterocycles. The van der Waals surface area contributed by atoms with Gasteiger partial charge < -0.3 is 4.90 Å². The van der Waals surface area contributed by atoms with Gasteiger partial charge in [-0.2, -0.15) is 0 Å². The van der Waals surface area contributed by atoms with E-state index in [1.165, 1.54) is 0 Å². The first-order valence-electron chi connectivity index (χ1n) is 8.75. The van der Waals surface area contributed by atoms with E-state index in [1.807, 2.05) is 79.0 Å². The number of rotatable bonds is 7. The van der Waals surface area contributed by atoms with Crippen LogP contribution in [0.4, 0.5) is 5.69 Å². The van der Waals surface area contributed by atoms with E-state index in [0.29, 0.717) is 24.0 Å². The number of anilines is 1. The molecule has 0 N–H and O–H groups in total. The lowest BCUT2D eigenvalue weighted by Gasteiger charge is -2.15. The van der Waals surface area contributed by atoms with Gasteiger partial charge in [-0.25, -0.2) is 4.99 Å². The zero-order chi connectivity index (χ0) is 19.2. The Hall–Kier alpha value is -2.37. The largest absolute Gasteiger partial charge is 0.378 e. The van der Waals surface area contributed by atoms with Crippen LogP contribution in [0.1, 0.15) is 16.9 Å². The minimum atomic E-state index is -0.0809. The minimum Gasteiger partial charge on any atom is -0.378 e. The summed E-state index contributed by atoms with van der Waals surface area (Å²) in [4.78, 5) is 22.3. The van der Waals surface area contributed by atoms with Crippen LogP contribution in [0.3, 0.4) is 0 Å². The van der Waals surface area contributed by atoms with Crippen LogP contribution < -0.4 is 4.90 Å². The minimum absolute atomic E-state index is 0.0809. The molecule has 3 rings (SSSR count). The fourth-order valence-corrected chi connectivity index (χ4v) is 3.44. The average Bonchev–Trinajstić information content (AvgIpc) is 3.28. The second-order valence-corrected chi connectivity index (χ2v) is 7.69. The quantitative estimate of drug-likeness (QED) is 0.498. The van der Waals surface area contributed by atoms with Gasteiger partial charge in [0.25, 0.3) is 5.91 Å². The van der Waals surface area contributed by atoms with Crippen LogP contribution in [0.2, 0.25) is 0 Å². The lowest BCUT2D eigenvalue weighted by Crippen LogP contribution is -2.32. The summed E-state index contributed by atoms with van der Waals surface area (Å²) in [6, 6.07) is 12.1. The summed E-state index contributed by atoms with van der Waals surface area (Å²) in [6.07, 6.45) is 6.44. The average molecular weight is 400 g/mol. The number of amides is 1. The van der Waals surface area contributed by atoms with Crippen molar-refractivity contribution in [2.24, 2.45) is 4.99 Å². The van der Waals surface area contributed by atoms with Gasteiger partial charge in [0, 0.05) is 37.1 Å². The highest BCUT2D eigenvalue weighted by Crippen LogP contribution is 2.22. The number of carbonyl (C=O) groups excluding carboxylic acids is 1. The van der Waals surface area contributed by atoms with Gasteiger partial charge in [0.15, 0.2) is 0 Å². The van der Waals surface area contributed by atoms with Crippen LogP contribution in [0.15, 0.2) is 58.5 Å². The molecular weight excluding hydrogens is 378 g/mol.